The van der Waals surface area contributed by atoms with Gasteiger partial charge in [-0.2, -0.15) is 0 Å². The van der Waals surface area contributed by atoms with Crippen molar-refractivity contribution < 1.29 is 9.53 Å². The molecule has 0 radical (unpaired) electrons. The van der Waals surface area contributed by atoms with E-state index in [9.17, 15) is 4.79 Å². The third kappa shape index (κ3) is 7.71. The van der Waals surface area contributed by atoms with Crippen LogP contribution in [0, 0.1) is 0 Å². The Kier molecular flexibility index (Phi) is 8.49. The number of hydrogen-bond acceptors (Lipinski definition) is 3. The highest BCUT2D eigenvalue weighted by Crippen LogP contribution is 2.33. The van der Waals surface area contributed by atoms with Crippen molar-refractivity contribution in [3.05, 3.63) is 59.4 Å². The number of carbonyl (C=O) groups is 1. The zero-order chi connectivity index (χ0) is 20.4. The van der Waals surface area contributed by atoms with Crippen molar-refractivity contribution in [1.82, 2.24) is 4.98 Å². The second kappa shape index (κ2) is 10.8. The first-order valence-corrected chi connectivity index (χ1v) is 10.3. The summed E-state index contributed by atoms with van der Waals surface area (Å²) < 4.78 is 6.20. The number of ether oxygens (including phenoxy) is 1. The van der Waals surface area contributed by atoms with Crippen LogP contribution in [0.2, 0.25) is 0 Å². The Labute approximate surface area is 169 Å². The van der Waals surface area contributed by atoms with Crippen LogP contribution in [0.1, 0.15) is 76.0 Å². The number of rotatable bonds is 11. The highest BCUT2D eigenvalue weighted by atomic mass is 16.5. The molecule has 0 saturated carbocycles. The standard InChI is InChI=1S/C24H34N2O2/c1-24(2,3)21-12-11-19(9-7-5-4-6-8-10-23(25)27)17-22(21)28-18-20-13-15-26-16-14-20/h11-17H,4-10,18H2,1-3H3,(H2,25,27). The zero-order valence-corrected chi connectivity index (χ0v) is 17.5. The van der Waals surface area contributed by atoms with Gasteiger partial charge in [-0.1, -0.05) is 52.2 Å². The average Bonchev–Trinajstić information content (AvgIpc) is 2.65. The summed E-state index contributed by atoms with van der Waals surface area (Å²) in [5, 5.41) is 0. The van der Waals surface area contributed by atoms with Crippen LogP contribution in [0.5, 0.6) is 5.75 Å². The summed E-state index contributed by atoms with van der Waals surface area (Å²) in [7, 11) is 0. The molecule has 1 aromatic carbocycles. The van der Waals surface area contributed by atoms with Gasteiger partial charge in [-0.15, -0.1) is 0 Å². The van der Waals surface area contributed by atoms with Gasteiger partial charge < -0.3 is 10.5 Å². The van der Waals surface area contributed by atoms with Gasteiger partial charge >= 0.3 is 0 Å². The molecule has 2 N–H and O–H groups in total. The molecule has 1 heterocycles. The van der Waals surface area contributed by atoms with Gasteiger partial charge in [0.1, 0.15) is 12.4 Å². The highest BCUT2D eigenvalue weighted by Gasteiger charge is 2.19. The topological polar surface area (TPSA) is 65.2 Å². The molecule has 0 aliphatic rings. The van der Waals surface area contributed by atoms with Crippen molar-refractivity contribution in [2.45, 2.75) is 77.7 Å². The molecule has 4 nitrogen and oxygen atoms in total. The number of primary amides is 1. The lowest BCUT2D eigenvalue weighted by atomic mass is 9.85. The molecule has 0 spiro atoms. The van der Waals surface area contributed by atoms with Gasteiger partial charge in [-0.05, 0) is 59.6 Å². The van der Waals surface area contributed by atoms with Crippen LogP contribution in [0.4, 0.5) is 0 Å². The van der Waals surface area contributed by atoms with E-state index in [0.717, 1.165) is 43.4 Å². The fourth-order valence-electron chi connectivity index (χ4n) is 3.26. The van der Waals surface area contributed by atoms with E-state index in [4.69, 9.17) is 10.5 Å². The fraction of sp³-hybridized carbons (Fsp3) is 0.500. The lowest BCUT2D eigenvalue weighted by Crippen LogP contribution is -2.14. The van der Waals surface area contributed by atoms with E-state index in [1.165, 1.54) is 17.5 Å². The van der Waals surface area contributed by atoms with Crippen molar-refractivity contribution in [3.63, 3.8) is 0 Å². The Morgan fingerprint density at radius 3 is 2.32 bits per heavy atom. The van der Waals surface area contributed by atoms with E-state index >= 15 is 0 Å². The average molecular weight is 383 g/mol. The lowest BCUT2D eigenvalue weighted by Gasteiger charge is -2.23. The predicted molar refractivity (Wildman–Crippen MR) is 114 cm³/mol. The molecule has 4 heteroatoms. The van der Waals surface area contributed by atoms with Crippen LogP contribution in [-0.4, -0.2) is 10.9 Å². The summed E-state index contributed by atoms with van der Waals surface area (Å²) >= 11 is 0. The minimum atomic E-state index is -0.196. The Hall–Kier alpha value is -2.36. The van der Waals surface area contributed by atoms with Crippen LogP contribution in [0.25, 0.3) is 0 Å². The van der Waals surface area contributed by atoms with Gasteiger partial charge in [0.15, 0.2) is 0 Å². The number of amides is 1. The maximum atomic E-state index is 10.8. The van der Waals surface area contributed by atoms with Crippen LogP contribution >= 0.6 is 0 Å². The number of nitrogens with two attached hydrogens (primary N) is 1. The third-order valence-electron chi connectivity index (χ3n) is 4.89. The second-order valence-corrected chi connectivity index (χ2v) is 8.46. The molecule has 28 heavy (non-hydrogen) atoms. The molecule has 0 atom stereocenters. The van der Waals surface area contributed by atoms with E-state index in [2.05, 4.69) is 44.0 Å². The monoisotopic (exact) mass is 382 g/mol. The molecule has 1 amide bonds. The molecule has 0 unspecified atom stereocenters. The second-order valence-electron chi connectivity index (χ2n) is 8.46. The van der Waals surface area contributed by atoms with E-state index in [-0.39, 0.29) is 11.3 Å². The molecule has 2 rings (SSSR count). The lowest BCUT2D eigenvalue weighted by molar-refractivity contribution is -0.118. The molecule has 0 fully saturated rings. The normalized spacial score (nSPS) is 11.4. The fourth-order valence-corrected chi connectivity index (χ4v) is 3.26. The smallest absolute Gasteiger partial charge is 0.217 e. The number of hydrogen-bond donors (Lipinski definition) is 1. The van der Waals surface area contributed by atoms with Crippen molar-refractivity contribution >= 4 is 5.91 Å². The largest absolute Gasteiger partial charge is 0.489 e. The maximum Gasteiger partial charge on any atom is 0.217 e. The van der Waals surface area contributed by atoms with Gasteiger partial charge in [0.25, 0.3) is 0 Å². The number of nitrogens with zero attached hydrogens (tertiary/aromatic N) is 1. The summed E-state index contributed by atoms with van der Waals surface area (Å²) in [4.78, 5) is 14.8. The van der Waals surface area contributed by atoms with Gasteiger partial charge in [0.05, 0.1) is 0 Å². The molecule has 0 aliphatic heterocycles. The summed E-state index contributed by atoms with van der Waals surface area (Å²) in [5.41, 5.74) is 8.88. The maximum absolute atomic E-state index is 10.8. The molecular formula is C24H34N2O2. The number of carbonyl (C=O) groups excluding carboxylic acids is 1. The Morgan fingerprint density at radius 2 is 1.64 bits per heavy atom. The van der Waals surface area contributed by atoms with Gasteiger partial charge in [-0.25, -0.2) is 0 Å². The van der Waals surface area contributed by atoms with Crippen molar-refractivity contribution in [2.24, 2.45) is 5.73 Å². The molecule has 0 saturated heterocycles. The minimum absolute atomic E-state index is 0.0343. The SMILES string of the molecule is CC(C)(C)c1ccc(CCCCCCCC(N)=O)cc1OCc1ccncc1. The third-order valence-corrected chi connectivity index (χ3v) is 4.89. The summed E-state index contributed by atoms with van der Waals surface area (Å²) in [6, 6.07) is 10.6. The van der Waals surface area contributed by atoms with Crippen molar-refractivity contribution in [1.29, 1.82) is 0 Å². The Morgan fingerprint density at radius 1 is 0.964 bits per heavy atom. The molecular weight excluding hydrogens is 348 g/mol. The summed E-state index contributed by atoms with van der Waals surface area (Å²) in [6.07, 6.45) is 10.6. The minimum Gasteiger partial charge on any atom is -0.489 e. The first kappa shape index (κ1) is 21.9. The van der Waals surface area contributed by atoms with Gasteiger partial charge in [0, 0.05) is 18.8 Å². The van der Waals surface area contributed by atoms with Gasteiger partial charge in [-0.3, -0.25) is 9.78 Å². The predicted octanol–water partition coefficient (Wildman–Crippen LogP) is 5.33. The van der Waals surface area contributed by atoms with Gasteiger partial charge in [0.2, 0.25) is 5.91 Å². The highest BCUT2D eigenvalue weighted by molar-refractivity contribution is 5.73. The number of aromatic nitrogens is 1. The molecule has 152 valence electrons. The van der Waals surface area contributed by atoms with Crippen LogP contribution in [0.15, 0.2) is 42.7 Å². The number of pyridine rings is 1. The number of aryl methyl sites for hydroxylation is 1. The number of unbranched alkanes of at least 4 members (excludes halogenated alkanes) is 4. The zero-order valence-electron chi connectivity index (χ0n) is 17.5. The van der Waals surface area contributed by atoms with Crippen LogP contribution in [0.3, 0.4) is 0 Å². The molecule has 0 bridgehead atoms. The first-order chi connectivity index (χ1) is 13.4. The quantitative estimate of drug-likeness (QED) is 0.534. The van der Waals surface area contributed by atoms with Crippen LogP contribution < -0.4 is 10.5 Å². The molecule has 0 aliphatic carbocycles. The number of benzene rings is 1. The molecule has 2 aromatic rings. The van der Waals surface area contributed by atoms with Crippen molar-refractivity contribution in [3.8, 4) is 5.75 Å². The Bertz CT molecular complexity index is 736. The van der Waals surface area contributed by atoms with E-state index < -0.39 is 0 Å². The summed E-state index contributed by atoms with van der Waals surface area (Å²) in [6.45, 7) is 7.20. The van der Waals surface area contributed by atoms with E-state index in [1.54, 1.807) is 12.4 Å². The van der Waals surface area contributed by atoms with E-state index in [1.807, 2.05) is 12.1 Å². The first-order valence-electron chi connectivity index (χ1n) is 10.3. The van der Waals surface area contributed by atoms with Crippen molar-refractivity contribution in [2.75, 3.05) is 0 Å². The Balaban J connectivity index is 1.91. The molecule has 1 aromatic heterocycles. The van der Waals surface area contributed by atoms with E-state index in [0.29, 0.717) is 13.0 Å². The van der Waals surface area contributed by atoms with Crippen LogP contribution in [-0.2, 0) is 23.2 Å². The summed E-state index contributed by atoms with van der Waals surface area (Å²) in [5.74, 6) is 0.779.